The summed E-state index contributed by atoms with van der Waals surface area (Å²) in [6.45, 7) is 0. The van der Waals surface area contributed by atoms with Gasteiger partial charge < -0.3 is 4.74 Å². The molecule has 3 rings (SSSR count). The Kier molecular flexibility index (Phi) is 4.04. The molecule has 1 heterocycles. The monoisotopic (exact) mass is 325 g/mol. The van der Waals surface area contributed by atoms with E-state index in [0.717, 1.165) is 12.8 Å². The molecule has 0 atom stereocenters. The molecule has 0 spiro atoms. The van der Waals surface area contributed by atoms with E-state index in [9.17, 15) is 8.42 Å². The molecule has 0 unspecified atom stereocenters. The zero-order valence-corrected chi connectivity index (χ0v) is 13.0. The highest BCUT2D eigenvalue weighted by molar-refractivity contribution is 8.14. The van der Waals surface area contributed by atoms with E-state index in [-0.39, 0.29) is 11.0 Å². The smallest absolute Gasteiger partial charge is 0.263 e. The third kappa shape index (κ3) is 3.14. The minimum absolute atomic E-state index is 0.0239. The molecule has 6 heteroatoms. The fourth-order valence-electron chi connectivity index (χ4n) is 2.78. The van der Waals surface area contributed by atoms with Crippen LogP contribution in [0.2, 0.25) is 0 Å². The summed E-state index contributed by atoms with van der Waals surface area (Å²) >= 11 is 0. The van der Waals surface area contributed by atoms with Gasteiger partial charge in [-0.3, -0.25) is 4.98 Å². The van der Waals surface area contributed by atoms with E-state index in [1.807, 2.05) is 6.07 Å². The Labute approximate surface area is 128 Å². The number of aromatic nitrogens is 1. The van der Waals surface area contributed by atoms with E-state index >= 15 is 0 Å². The molecule has 0 aliphatic heterocycles. The summed E-state index contributed by atoms with van der Waals surface area (Å²) in [6, 6.07) is 6.72. The Morgan fingerprint density at radius 3 is 2.62 bits per heavy atom. The standard InChI is InChI=1S/C15H16ClNO3S/c16-21(18,19)14-9-8-13(12-7-4-10-17-15(12)14)20-11-5-2-1-3-6-11/h4,7-11H,1-3,5-6H2. The number of ether oxygens (including phenoxy) is 1. The van der Waals surface area contributed by atoms with Gasteiger partial charge in [-0.2, -0.15) is 0 Å². The first-order valence-corrected chi connectivity index (χ1v) is 9.36. The van der Waals surface area contributed by atoms with Crippen LogP contribution in [0.4, 0.5) is 0 Å². The lowest BCUT2D eigenvalue weighted by molar-refractivity contribution is 0.157. The van der Waals surface area contributed by atoms with Crippen molar-refractivity contribution in [3.8, 4) is 5.75 Å². The van der Waals surface area contributed by atoms with Gasteiger partial charge in [0.1, 0.15) is 10.6 Å². The molecule has 0 bridgehead atoms. The summed E-state index contributed by atoms with van der Waals surface area (Å²) in [5.74, 6) is 0.675. The molecular weight excluding hydrogens is 310 g/mol. The number of pyridine rings is 1. The molecule has 1 aromatic carbocycles. The normalized spacial score (nSPS) is 17.0. The van der Waals surface area contributed by atoms with E-state index in [1.165, 1.54) is 25.3 Å². The summed E-state index contributed by atoms with van der Waals surface area (Å²) in [7, 11) is 1.65. The van der Waals surface area contributed by atoms with Gasteiger partial charge in [-0.05, 0) is 49.9 Å². The van der Waals surface area contributed by atoms with E-state index in [0.29, 0.717) is 16.7 Å². The maximum Gasteiger partial charge on any atom is 0.263 e. The Morgan fingerprint density at radius 2 is 1.90 bits per heavy atom. The molecule has 1 aliphatic rings. The van der Waals surface area contributed by atoms with Crippen LogP contribution in [-0.2, 0) is 9.05 Å². The molecule has 0 amide bonds. The quantitative estimate of drug-likeness (QED) is 0.804. The molecule has 1 fully saturated rings. The molecule has 1 aromatic heterocycles. The molecule has 0 saturated heterocycles. The van der Waals surface area contributed by atoms with Gasteiger partial charge in [-0.25, -0.2) is 8.42 Å². The molecule has 112 valence electrons. The van der Waals surface area contributed by atoms with Crippen LogP contribution in [0, 0.1) is 0 Å². The SMILES string of the molecule is O=S(=O)(Cl)c1ccc(OC2CCCCC2)c2cccnc12. The van der Waals surface area contributed by atoms with Crippen molar-refractivity contribution in [3.63, 3.8) is 0 Å². The number of halogens is 1. The second kappa shape index (κ2) is 5.81. The third-order valence-corrected chi connectivity index (χ3v) is 5.15. The fraction of sp³-hybridized carbons (Fsp3) is 0.400. The average Bonchev–Trinajstić information content (AvgIpc) is 2.47. The van der Waals surface area contributed by atoms with Crippen molar-refractivity contribution in [2.45, 2.75) is 43.1 Å². The number of benzene rings is 1. The van der Waals surface area contributed by atoms with Crippen molar-refractivity contribution < 1.29 is 13.2 Å². The van der Waals surface area contributed by atoms with Gasteiger partial charge in [0, 0.05) is 22.3 Å². The highest BCUT2D eigenvalue weighted by Gasteiger charge is 2.20. The number of fused-ring (bicyclic) bond motifs is 1. The van der Waals surface area contributed by atoms with Gasteiger partial charge in [-0.15, -0.1) is 0 Å². The first-order chi connectivity index (χ1) is 10.1. The molecule has 1 saturated carbocycles. The zero-order valence-electron chi connectivity index (χ0n) is 11.5. The van der Waals surface area contributed by atoms with E-state index in [2.05, 4.69) is 4.98 Å². The van der Waals surface area contributed by atoms with Crippen LogP contribution in [-0.4, -0.2) is 19.5 Å². The number of hydrogen-bond donors (Lipinski definition) is 0. The third-order valence-electron chi connectivity index (χ3n) is 3.80. The first-order valence-electron chi connectivity index (χ1n) is 7.05. The largest absolute Gasteiger partial charge is 0.490 e. The Morgan fingerprint density at radius 1 is 1.14 bits per heavy atom. The first kappa shape index (κ1) is 14.6. The van der Waals surface area contributed by atoms with E-state index in [4.69, 9.17) is 15.4 Å². The molecule has 0 radical (unpaired) electrons. The van der Waals surface area contributed by atoms with Crippen molar-refractivity contribution in [2.75, 3.05) is 0 Å². The summed E-state index contributed by atoms with van der Waals surface area (Å²) < 4.78 is 29.3. The van der Waals surface area contributed by atoms with Crippen LogP contribution in [0.25, 0.3) is 10.9 Å². The van der Waals surface area contributed by atoms with Gasteiger partial charge in [0.25, 0.3) is 9.05 Å². The molecule has 1 aliphatic carbocycles. The van der Waals surface area contributed by atoms with Gasteiger partial charge in [0.15, 0.2) is 0 Å². The summed E-state index contributed by atoms with van der Waals surface area (Å²) in [4.78, 5) is 4.18. The van der Waals surface area contributed by atoms with E-state index in [1.54, 1.807) is 18.3 Å². The van der Waals surface area contributed by atoms with Crippen LogP contribution in [0.5, 0.6) is 5.75 Å². The molecule has 4 nitrogen and oxygen atoms in total. The van der Waals surface area contributed by atoms with Gasteiger partial charge in [-0.1, -0.05) is 6.42 Å². The predicted molar refractivity (Wildman–Crippen MR) is 82.3 cm³/mol. The summed E-state index contributed by atoms with van der Waals surface area (Å²) in [6.07, 6.45) is 7.43. The van der Waals surface area contributed by atoms with Crippen LogP contribution >= 0.6 is 10.7 Å². The number of rotatable bonds is 3. The topological polar surface area (TPSA) is 56.3 Å². The Balaban J connectivity index is 2.04. The van der Waals surface area contributed by atoms with Crippen molar-refractivity contribution in [3.05, 3.63) is 30.5 Å². The predicted octanol–water partition coefficient (Wildman–Crippen LogP) is 3.87. The lowest BCUT2D eigenvalue weighted by atomic mass is 9.98. The lowest BCUT2D eigenvalue weighted by Gasteiger charge is -2.23. The van der Waals surface area contributed by atoms with Gasteiger partial charge in [0.2, 0.25) is 0 Å². The second-order valence-electron chi connectivity index (χ2n) is 5.28. The molecule has 0 N–H and O–H groups in total. The molecule has 21 heavy (non-hydrogen) atoms. The Hall–Kier alpha value is -1.33. The highest BCUT2D eigenvalue weighted by Crippen LogP contribution is 2.33. The van der Waals surface area contributed by atoms with Crippen molar-refractivity contribution in [1.82, 2.24) is 4.98 Å². The molecule has 2 aromatic rings. The summed E-state index contributed by atoms with van der Waals surface area (Å²) in [5.41, 5.74) is 0.362. The lowest BCUT2D eigenvalue weighted by Crippen LogP contribution is -2.19. The maximum atomic E-state index is 11.6. The van der Waals surface area contributed by atoms with Crippen molar-refractivity contribution in [1.29, 1.82) is 0 Å². The minimum atomic E-state index is -3.83. The minimum Gasteiger partial charge on any atom is -0.490 e. The van der Waals surface area contributed by atoms with Crippen LogP contribution in [0.1, 0.15) is 32.1 Å². The zero-order chi connectivity index (χ0) is 14.9. The van der Waals surface area contributed by atoms with Gasteiger partial charge >= 0.3 is 0 Å². The summed E-state index contributed by atoms with van der Waals surface area (Å²) in [5, 5.41) is 0.685. The van der Waals surface area contributed by atoms with Gasteiger partial charge in [0.05, 0.1) is 11.6 Å². The maximum absolute atomic E-state index is 11.6. The molecular formula is C15H16ClNO3S. The van der Waals surface area contributed by atoms with Crippen LogP contribution in [0.3, 0.4) is 0 Å². The van der Waals surface area contributed by atoms with Crippen molar-refractivity contribution >= 4 is 30.6 Å². The highest BCUT2D eigenvalue weighted by atomic mass is 35.7. The number of hydrogen-bond acceptors (Lipinski definition) is 4. The number of nitrogens with zero attached hydrogens (tertiary/aromatic N) is 1. The van der Waals surface area contributed by atoms with Crippen LogP contribution in [0.15, 0.2) is 35.4 Å². The second-order valence-corrected chi connectivity index (χ2v) is 7.81. The van der Waals surface area contributed by atoms with E-state index < -0.39 is 9.05 Å². The average molecular weight is 326 g/mol. The van der Waals surface area contributed by atoms with Crippen molar-refractivity contribution in [2.24, 2.45) is 0 Å². The van der Waals surface area contributed by atoms with Crippen LogP contribution < -0.4 is 4.74 Å². The Bertz CT molecular complexity index is 755. The fourth-order valence-corrected chi connectivity index (χ4v) is 3.78.